The molecule has 5 rings (SSSR count). The first kappa shape index (κ1) is 43.4. The van der Waals surface area contributed by atoms with Gasteiger partial charge in [-0.2, -0.15) is 8.61 Å². The fourth-order valence-corrected chi connectivity index (χ4v) is 11.9. The van der Waals surface area contributed by atoms with Gasteiger partial charge in [0.15, 0.2) is 0 Å². The highest BCUT2D eigenvalue weighted by atomic mass is 32.2. The van der Waals surface area contributed by atoms with Crippen molar-refractivity contribution in [2.24, 2.45) is 11.5 Å². The van der Waals surface area contributed by atoms with Crippen LogP contribution in [0.5, 0.6) is 0 Å². The number of hydrogen-bond donors (Lipinski definition) is 2. The third-order valence-electron chi connectivity index (χ3n) is 10.1. The van der Waals surface area contributed by atoms with Crippen LogP contribution in [0.3, 0.4) is 0 Å². The molecule has 0 aromatic heterocycles. The molecule has 0 unspecified atom stereocenters. The number of nitrogens with two attached hydrogens (primary N) is 2. The second kappa shape index (κ2) is 17.4. The molecule has 4 aromatic carbocycles. The molecule has 0 radical (unpaired) electrons. The molecule has 0 saturated heterocycles. The minimum absolute atomic E-state index is 0.107. The van der Waals surface area contributed by atoms with Crippen LogP contribution in [-0.4, -0.2) is 50.0 Å². The van der Waals surface area contributed by atoms with E-state index in [1.165, 1.54) is 8.61 Å². The van der Waals surface area contributed by atoms with E-state index in [9.17, 15) is 16.8 Å². The molecular formula is C43H58N4O4S4. The Morgan fingerprint density at radius 3 is 1.24 bits per heavy atom. The van der Waals surface area contributed by atoms with Crippen molar-refractivity contribution in [3.63, 3.8) is 0 Å². The van der Waals surface area contributed by atoms with Gasteiger partial charge < -0.3 is 11.5 Å². The Kier molecular flexibility index (Phi) is 13.8. The summed E-state index contributed by atoms with van der Waals surface area (Å²) in [6.07, 6.45) is 0.270. The zero-order valence-electron chi connectivity index (χ0n) is 33.6. The van der Waals surface area contributed by atoms with Crippen LogP contribution in [0.15, 0.2) is 92.4 Å². The summed E-state index contributed by atoms with van der Waals surface area (Å²) in [6, 6.07) is 22.4. The van der Waals surface area contributed by atoms with Gasteiger partial charge >= 0.3 is 0 Å². The summed E-state index contributed by atoms with van der Waals surface area (Å²) in [7, 11) is -7.97. The van der Waals surface area contributed by atoms with Crippen LogP contribution in [0.2, 0.25) is 0 Å². The first-order chi connectivity index (χ1) is 25.7. The third-order valence-corrected chi connectivity index (χ3v) is 16.5. The minimum atomic E-state index is -3.98. The lowest BCUT2D eigenvalue weighted by Crippen LogP contribution is -2.36. The van der Waals surface area contributed by atoms with E-state index in [2.05, 4.69) is 65.8 Å². The maximum Gasteiger partial charge on any atom is 0.243 e. The lowest BCUT2D eigenvalue weighted by molar-refractivity contribution is 0.349. The summed E-state index contributed by atoms with van der Waals surface area (Å²) in [5.41, 5.74) is 20.3. The SMILES string of the molecule is Cc1ccc(S(=O)(=O)N2CCCN(S(=O)(=O)c3ccc(C)cc3)Cc3cc(C(C)(C)C)cc(CN)c3SCCSc3c(CN)cc(C(C)(C)C)cc3C2)cc1. The van der Waals surface area contributed by atoms with Gasteiger partial charge in [-0.15, -0.1) is 23.5 Å². The number of aryl methyl sites for hydroxylation is 2. The summed E-state index contributed by atoms with van der Waals surface area (Å²) < 4.78 is 61.4. The molecule has 12 heteroatoms. The molecule has 0 aliphatic carbocycles. The van der Waals surface area contributed by atoms with Crippen LogP contribution in [0, 0.1) is 13.8 Å². The molecule has 0 spiro atoms. The van der Waals surface area contributed by atoms with Crippen molar-refractivity contribution >= 4 is 43.6 Å². The fourth-order valence-electron chi connectivity index (χ4n) is 6.66. The van der Waals surface area contributed by atoms with Crippen LogP contribution < -0.4 is 11.5 Å². The van der Waals surface area contributed by atoms with Crippen molar-refractivity contribution in [3.8, 4) is 0 Å². The van der Waals surface area contributed by atoms with E-state index in [0.29, 0.717) is 13.1 Å². The molecule has 8 nitrogen and oxygen atoms in total. The summed E-state index contributed by atoms with van der Waals surface area (Å²) >= 11 is 3.40. The molecule has 1 aliphatic rings. The van der Waals surface area contributed by atoms with Crippen LogP contribution in [0.1, 0.15) is 92.5 Å². The second-order valence-electron chi connectivity index (χ2n) is 16.5. The molecule has 0 saturated carbocycles. The fraction of sp³-hybridized carbons (Fsp3) is 0.442. The highest BCUT2D eigenvalue weighted by Crippen LogP contribution is 2.38. The highest BCUT2D eigenvalue weighted by Gasteiger charge is 2.31. The monoisotopic (exact) mass is 822 g/mol. The Morgan fingerprint density at radius 2 is 0.927 bits per heavy atom. The van der Waals surface area contributed by atoms with Gasteiger partial charge in [0.25, 0.3) is 0 Å². The van der Waals surface area contributed by atoms with E-state index in [-0.39, 0.29) is 53.2 Å². The van der Waals surface area contributed by atoms with Gasteiger partial charge in [0.1, 0.15) is 0 Å². The van der Waals surface area contributed by atoms with E-state index < -0.39 is 20.0 Å². The van der Waals surface area contributed by atoms with E-state index in [1.54, 1.807) is 72.1 Å². The summed E-state index contributed by atoms with van der Waals surface area (Å²) in [4.78, 5) is 2.41. The van der Waals surface area contributed by atoms with Crippen molar-refractivity contribution < 1.29 is 16.8 Å². The first-order valence-corrected chi connectivity index (χ1v) is 23.7. The van der Waals surface area contributed by atoms with Crippen molar-refractivity contribution in [3.05, 3.63) is 117 Å². The Balaban J connectivity index is 1.70. The second-order valence-corrected chi connectivity index (χ2v) is 22.6. The standard InChI is InChI=1S/C43H58N4O4S4/c1-30-10-14-38(15-11-30)54(48,49)46-18-9-19-47(55(50,51)39-16-12-31(2)13-17-39)29-35-25-37(43(6,7)8)23-33(27-45)41(35)53-21-20-52-40-32(26-44)22-36(42(3,4)5)24-34(40)28-46/h10-17,22-25H,9,18-21,26-29,44-45H2,1-8H3. The average Bonchev–Trinajstić information content (AvgIpc) is 3.12. The normalized spacial score (nSPS) is 16.2. The minimum Gasteiger partial charge on any atom is -0.326 e. The molecule has 0 atom stereocenters. The molecule has 298 valence electrons. The largest absolute Gasteiger partial charge is 0.326 e. The van der Waals surface area contributed by atoms with Gasteiger partial charge in [0, 0.05) is 60.6 Å². The number of fused-ring (bicyclic) bond motifs is 2. The molecule has 0 bridgehead atoms. The van der Waals surface area contributed by atoms with E-state index in [0.717, 1.165) is 65.8 Å². The average molecular weight is 823 g/mol. The number of rotatable bonds is 6. The van der Waals surface area contributed by atoms with Crippen LogP contribution in [-0.2, 0) is 57.1 Å². The maximum absolute atomic E-state index is 14.6. The number of sulfonamides is 2. The number of benzene rings is 4. The van der Waals surface area contributed by atoms with Gasteiger partial charge in [0.2, 0.25) is 20.0 Å². The van der Waals surface area contributed by atoms with Crippen molar-refractivity contribution in [2.75, 3.05) is 24.6 Å². The highest BCUT2D eigenvalue weighted by molar-refractivity contribution is 8.03. The van der Waals surface area contributed by atoms with Crippen molar-refractivity contribution in [1.29, 1.82) is 0 Å². The topological polar surface area (TPSA) is 127 Å². The van der Waals surface area contributed by atoms with Crippen molar-refractivity contribution in [1.82, 2.24) is 8.61 Å². The number of hydrogen-bond acceptors (Lipinski definition) is 8. The van der Waals surface area contributed by atoms with Crippen LogP contribution in [0.25, 0.3) is 0 Å². The third kappa shape index (κ3) is 10.3. The summed E-state index contributed by atoms with van der Waals surface area (Å²) in [5, 5.41) is 0. The van der Waals surface area contributed by atoms with Gasteiger partial charge in [0.05, 0.1) is 9.79 Å². The molecular weight excluding hydrogens is 765 g/mol. The van der Waals surface area contributed by atoms with Crippen LogP contribution >= 0.6 is 23.5 Å². The smallest absolute Gasteiger partial charge is 0.243 e. The predicted octanol–water partition coefficient (Wildman–Crippen LogP) is 8.49. The summed E-state index contributed by atoms with van der Waals surface area (Å²) in [6.45, 7) is 17.8. The van der Waals surface area contributed by atoms with Crippen molar-refractivity contribution in [2.45, 2.75) is 118 Å². The van der Waals surface area contributed by atoms with E-state index in [4.69, 9.17) is 11.5 Å². The Hall–Kier alpha value is -2.68. The molecule has 1 heterocycles. The van der Waals surface area contributed by atoms with Gasteiger partial charge in [-0.1, -0.05) is 101 Å². The molecule has 0 fully saturated rings. The molecule has 0 amide bonds. The lowest BCUT2D eigenvalue weighted by Gasteiger charge is -2.29. The quantitative estimate of drug-likeness (QED) is 0.198. The van der Waals surface area contributed by atoms with Crippen LogP contribution in [0.4, 0.5) is 0 Å². The summed E-state index contributed by atoms with van der Waals surface area (Å²) in [5.74, 6) is 1.44. The maximum atomic E-state index is 14.6. The number of nitrogens with zero attached hydrogens (tertiary/aromatic N) is 2. The molecule has 4 N–H and O–H groups in total. The zero-order valence-corrected chi connectivity index (χ0v) is 36.9. The zero-order chi connectivity index (χ0) is 40.3. The van der Waals surface area contributed by atoms with E-state index in [1.807, 2.05) is 13.8 Å². The van der Waals surface area contributed by atoms with Gasteiger partial charge in [-0.3, -0.25) is 0 Å². The first-order valence-electron chi connectivity index (χ1n) is 18.9. The Bertz CT molecular complexity index is 2030. The predicted molar refractivity (Wildman–Crippen MR) is 230 cm³/mol. The molecule has 1 aliphatic heterocycles. The lowest BCUT2D eigenvalue weighted by atomic mass is 9.85. The Labute approximate surface area is 338 Å². The number of thioether (sulfide) groups is 2. The Morgan fingerprint density at radius 1 is 0.582 bits per heavy atom. The van der Waals surface area contributed by atoms with Gasteiger partial charge in [-0.05, 0) is 88.7 Å². The van der Waals surface area contributed by atoms with Gasteiger partial charge in [-0.25, -0.2) is 16.8 Å². The molecule has 55 heavy (non-hydrogen) atoms. The molecule has 4 aromatic rings. The van der Waals surface area contributed by atoms with E-state index >= 15 is 0 Å².